The summed E-state index contributed by atoms with van der Waals surface area (Å²) in [5.41, 5.74) is 6.77. The number of hydrogen-bond donors (Lipinski definition) is 0. The van der Waals surface area contributed by atoms with Gasteiger partial charge >= 0.3 is 0 Å². The fraction of sp³-hybridized carbons (Fsp3) is 0.300. The molecule has 5 aromatic heterocycles. The highest BCUT2D eigenvalue weighted by molar-refractivity contribution is 7.90. The quantitative estimate of drug-likeness (QED) is 0.281. The molecule has 1 fully saturated rings. The average molecular weight is 570 g/mol. The van der Waals surface area contributed by atoms with Crippen LogP contribution >= 0.6 is 0 Å². The molecule has 0 bridgehead atoms. The monoisotopic (exact) mass is 569 g/mol. The Balaban J connectivity index is 1.49. The first kappa shape index (κ1) is 26.8. The van der Waals surface area contributed by atoms with Crippen LogP contribution in [0.3, 0.4) is 0 Å². The number of hydrogen-bond acceptors (Lipinski definition) is 9. The topological polar surface area (TPSA) is 116 Å². The van der Waals surface area contributed by atoms with E-state index in [0.717, 1.165) is 50.5 Å². The Morgan fingerprint density at radius 1 is 1.02 bits per heavy atom. The predicted octanol–water partition coefficient (Wildman–Crippen LogP) is 4.43. The second-order valence-electron chi connectivity index (χ2n) is 10.7. The van der Waals surface area contributed by atoms with E-state index in [9.17, 15) is 8.42 Å². The SMILES string of the molecule is COc1ccncc1-c1cc2c(cnn2-c2cc(N3C[C@H](CS(C)(=O)=O)[C@H]3C)cc(-c3ccnc(C)c3)n2)c(C)n1. The second kappa shape index (κ2) is 10.2. The largest absolute Gasteiger partial charge is 0.496 e. The van der Waals surface area contributed by atoms with Crippen LogP contribution in [0.15, 0.2) is 61.2 Å². The van der Waals surface area contributed by atoms with E-state index in [-0.39, 0.29) is 17.7 Å². The number of sulfone groups is 1. The van der Waals surface area contributed by atoms with E-state index in [2.05, 4.69) is 27.9 Å². The zero-order chi connectivity index (χ0) is 28.9. The van der Waals surface area contributed by atoms with Crippen LogP contribution in [-0.4, -0.2) is 69.8 Å². The molecule has 2 atom stereocenters. The molecule has 0 spiro atoms. The number of pyridine rings is 4. The number of aromatic nitrogens is 6. The molecule has 0 amide bonds. The lowest BCUT2D eigenvalue weighted by molar-refractivity contribution is 0.341. The molecule has 41 heavy (non-hydrogen) atoms. The van der Waals surface area contributed by atoms with Crippen LogP contribution in [0.5, 0.6) is 5.75 Å². The van der Waals surface area contributed by atoms with Crippen molar-refractivity contribution < 1.29 is 13.2 Å². The van der Waals surface area contributed by atoms with Crippen molar-refractivity contribution in [1.29, 1.82) is 0 Å². The zero-order valence-corrected chi connectivity index (χ0v) is 24.4. The highest BCUT2D eigenvalue weighted by Crippen LogP contribution is 2.36. The molecular formula is C30H31N7O3S. The Morgan fingerprint density at radius 2 is 1.85 bits per heavy atom. The molecular weight excluding hydrogens is 538 g/mol. The lowest BCUT2D eigenvalue weighted by Gasteiger charge is -2.48. The van der Waals surface area contributed by atoms with Crippen molar-refractivity contribution in [3.8, 4) is 34.1 Å². The van der Waals surface area contributed by atoms with Crippen LogP contribution in [0.1, 0.15) is 18.3 Å². The van der Waals surface area contributed by atoms with Gasteiger partial charge in [-0.3, -0.25) is 15.0 Å². The van der Waals surface area contributed by atoms with Crippen molar-refractivity contribution in [3.05, 3.63) is 72.6 Å². The molecule has 1 aliphatic rings. The van der Waals surface area contributed by atoms with Crippen molar-refractivity contribution >= 4 is 26.4 Å². The van der Waals surface area contributed by atoms with Crippen molar-refractivity contribution in [2.24, 2.45) is 5.92 Å². The van der Waals surface area contributed by atoms with Crippen LogP contribution < -0.4 is 9.64 Å². The lowest BCUT2D eigenvalue weighted by atomic mass is 9.91. The van der Waals surface area contributed by atoms with E-state index in [4.69, 9.17) is 19.8 Å². The first-order valence-electron chi connectivity index (χ1n) is 13.3. The standard InChI is InChI=1S/C30H31N7O3S/c1-18-10-21(6-9-32-18)26-11-23(36-16-22(20(36)3)17-41(5,38)39)12-30(35-26)37-28-13-27(34-19(2)24(28)15-33-37)25-14-31-8-7-29(25)40-4/h6-15,20,22H,16-17H2,1-5H3/t20-,22-/m1/s1. The summed E-state index contributed by atoms with van der Waals surface area (Å²) in [5, 5.41) is 5.65. The van der Waals surface area contributed by atoms with Crippen molar-refractivity contribution in [2.75, 3.05) is 30.6 Å². The predicted molar refractivity (Wildman–Crippen MR) is 159 cm³/mol. The maximum atomic E-state index is 12.0. The highest BCUT2D eigenvalue weighted by Gasteiger charge is 2.38. The molecule has 0 aliphatic carbocycles. The van der Waals surface area contributed by atoms with Crippen LogP contribution in [0, 0.1) is 19.8 Å². The number of fused-ring (bicyclic) bond motifs is 1. The summed E-state index contributed by atoms with van der Waals surface area (Å²) < 4.78 is 31.3. The van der Waals surface area contributed by atoms with Gasteiger partial charge in [0.2, 0.25) is 0 Å². The third-order valence-corrected chi connectivity index (χ3v) is 8.73. The Hall–Kier alpha value is -4.38. The Bertz CT molecular complexity index is 1890. The molecule has 0 unspecified atom stereocenters. The van der Waals surface area contributed by atoms with Gasteiger partial charge in [-0.1, -0.05) is 0 Å². The summed E-state index contributed by atoms with van der Waals surface area (Å²) in [6.45, 7) is 6.63. The normalized spacial score (nSPS) is 17.0. The van der Waals surface area contributed by atoms with Gasteiger partial charge in [0.05, 0.1) is 41.5 Å². The van der Waals surface area contributed by atoms with Crippen molar-refractivity contribution in [2.45, 2.75) is 26.8 Å². The van der Waals surface area contributed by atoms with Gasteiger partial charge in [-0.15, -0.1) is 0 Å². The van der Waals surface area contributed by atoms with E-state index < -0.39 is 9.84 Å². The first-order chi connectivity index (χ1) is 19.6. The molecule has 1 saturated heterocycles. The first-order valence-corrected chi connectivity index (χ1v) is 15.4. The summed E-state index contributed by atoms with van der Waals surface area (Å²) in [5.74, 6) is 1.58. The third kappa shape index (κ3) is 5.13. The summed E-state index contributed by atoms with van der Waals surface area (Å²) in [4.78, 5) is 20.7. The summed E-state index contributed by atoms with van der Waals surface area (Å²) in [7, 11) is -1.43. The number of nitrogens with zero attached hydrogens (tertiary/aromatic N) is 7. The third-order valence-electron chi connectivity index (χ3n) is 7.69. The molecule has 0 saturated carbocycles. The van der Waals surface area contributed by atoms with Crippen LogP contribution in [0.25, 0.3) is 39.2 Å². The molecule has 0 N–H and O–H groups in total. The molecule has 10 nitrogen and oxygen atoms in total. The number of rotatable bonds is 7. The Kier molecular flexibility index (Phi) is 6.69. The molecule has 0 aromatic carbocycles. The van der Waals surface area contributed by atoms with Crippen molar-refractivity contribution in [3.63, 3.8) is 0 Å². The summed E-state index contributed by atoms with van der Waals surface area (Å²) in [6.07, 6.45) is 8.31. The summed E-state index contributed by atoms with van der Waals surface area (Å²) in [6, 6.07) is 11.9. The van der Waals surface area contributed by atoms with Gasteiger partial charge in [-0.25, -0.2) is 18.1 Å². The molecule has 0 radical (unpaired) electrons. The molecule has 210 valence electrons. The van der Waals surface area contributed by atoms with Gasteiger partial charge in [-0.2, -0.15) is 5.10 Å². The Labute approximate surface area is 239 Å². The maximum absolute atomic E-state index is 12.0. The number of methoxy groups -OCH3 is 1. The van der Waals surface area contributed by atoms with Gasteiger partial charge in [0.25, 0.3) is 0 Å². The molecule has 6 heterocycles. The van der Waals surface area contributed by atoms with Crippen LogP contribution in [-0.2, 0) is 9.84 Å². The van der Waals surface area contributed by atoms with E-state index in [1.807, 2.05) is 48.9 Å². The molecule has 5 aromatic rings. The maximum Gasteiger partial charge on any atom is 0.156 e. The van der Waals surface area contributed by atoms with Gasteiger partial charge in [0.15, 0.2) is 5.82 Å². The highest BCUT2D eigenvalue weighted by atomic mass is 32.2. The van der Waals surface area contributed by atoms with Gasteiger partial charge in [0.1, 0.15) is 15.6 Å². The fourth-order valence-electron chi connectivity index (χ4n) is 5.49. The van der Waals surface area contributed by atoms with Gasteiger partial charge in [0, 0.05) is 77.4 Å². The number of aryl methyl sites for hydroxylation is 2. The number of ether oxygens (including phenoxy) is 1. The van der Waals surface area contributed by atoms with E-state index >= 15 is 0 Å². The minimum atomic E-state index is -3.06. The minimum absolute atomic E-state index is 0.0671. The number of anilines is 1. The second-order valence-corrected chi connectivity index (χ2v) is 12.8. The zero-order valence-electron chi connectivity index (χ0n) is 23.6. The molecule has 11 heteroatoms. The fourth-order valence-corrected chi connectivity index (χ4v) is 6.65. The van der Waals surface area contributed by atoms with Gasteiger partial charge < -0.3 is 9.64 Å². The van der Waals surface area contributed by atoms with Crippen molar-refractivity contribution in [1.82, 2.24) is 29.7 Å². The lowest BCUT2D eigenvalue weighted by Crippen LogP contribution is -2.57. The Morgan fingerprint density at radius 3 is 2.59 bits per heavy atom. The van der Waals surface area contributed by atoms with E-state index in [1.54, 1.807) is 31.9 Å². The smallest absolute Gasteiger partial charge is 0.156 e. The van der Waals surface area contributed by atoms with Crippen LogP contribution in [0.4, 0.5) is 5.69 Å². The average Bonchev–Trinajstić information content (AvgIpc) is 3.39. The van der Waals surface area contributed by atoms with Gasteiger partial charge in [-0.05, 0) is 51.1 Å². The van der Waals surface area contributed by atoms with E-state index in [1.165, 1.54) is 6.26 Å². The van der Waals surface area contributed by atoms with Crippen LogP contribution in [0.2, 0.25) is 0 Å². The van der Waals surface area contributed by atoms with E-state index in [0.29, 0.717) is 18.1 Å². The molecule has 1 aliphatic heterocycles. The summed E-state index contributed by atoms with van der Waals surface area (Å²) >= 11 is 0. The minimum Gasteiger partial charge on any atom is -0.496 e. The molecule has 6 rings (SSSR count).